The quantitative estimate of drug-likeness (QED) is 0.914. The molecule has 2 unspecified atom stereocenters. The van der Waals surface area contributed by atoms with Crippen molar-refractivity contribution < 1.29 is 18.3 Å². The Morgan fingerprint density at radius 2 is 2.11 bits per heavy atom. The molecule has 0 radical (unpaired) electrons. The fraction of sp³-hybridized carbons (Fsp3) is 0.571. The lowest BCUT2D eigenvalue weighted by Crippen LogP contribution is -2.34. The maximum absolute atomic E-state index is 12.7. The molecule has 0 bridgehead atoms. The third-order valence-electron chi connectivity index (χ3n) is 3.57. The fourth-order valence-corrected chi connectivity index (χ4v) is 2.80. The van der Waals surface area contributed by atoms with E-state index in [9.17, 15) is 18.3 Å². The summed E-state index contributed by atoms with van der Waals surface area (Å²) in [6, 6.07) is 4.00. The van der Waals surface area contributed by atoms with Gasteiger partial charge in [0.25, 0.3) is 0 Å². The summed E-state index contributed by atoms with van der Waals surface area (Å²) in [5.41, 5.74) is 0.989. The van der Waals surface area contributed by atoms with Gasteiger partial charge in [-0.05, 0) is 50.5 Å². The number of hydrogen-bond donors (Lipinski definition) is 1. The standard InChI is InChI=1S/C14H18F3NO/c1-3-18-12(6-9(2)19)8-10-7-11(14(15,16)17)4-5-13(10)18/h4-5,7,9,12,19H,3,6,8H2,1-2H3. The zero-order valence-electron chi connectivity index (χ0n) is 11.0. The molecule has 1 aliphatic heterocycles. The Kier molecular flexibility index (Phi) is 3.76. The summed E-state index contributed by atoms with van der Waals surface area (Å²) in [7, 11) is 0. The fourth-order valence-electron chi connectivity index (χ4n) is 2.80. The molecule has 0 fully saturated rings. The first-order valence-corrected chi connectivity index (χ1v) is 6.47. The molecule has 1 heterocycles. The van der Waals surface area contributed by atoms with E-state index in [4.69, 9.17) is 0 Å². The molecule has 0 amide bonds. The van der Waals surface area contributed by atoms with E-state index in [1.54, 1.807) is 13.0 Å². The van der Waals surface area contributed by atoms with Crippen LogP contribution < -0.4 is 4.90 Å². The van der Waals surface area contributed by atoms with Crippen LogP contribution in [-0.4, -0.2) is 23.8 Å². The van der Waals surface area contributed by atoms with Crippen molar-refractivity contribution in [3.8, 4) is 0 Å². The molecule has 0 aliphatic carbocycles. The summed E-state index contributed by atoms with van der Waals surface area (Å²) in [6.45, 7) is 4.41. The summed E-state index contributed by atoms with van der Waals surface area (Å²) >= 11 is 0. The molecule has 2 atom stereocenters. The van der Waals surface area contributed by atoms with Gasteiger partial charge in [0.15, 0.2) is 0 Å². The predicted molar refractivity (Wildman–Crippen MR) is 68.3 cm³/mol. The largest absolute Gasteiger partial charge is 0.416 e. The average molecular weight is 273 g/mol. The molecule has 19 heavy (non-hydrogen) atoms. The van der Waals surface area contributed by atoms with Crippen molar-refractivity contribution in [1.29, 1.82) is 0 Å². The second kappa shape index (κ2) is 5.04. The van der Waals surface area contributed by atoms with Crippen LogP contribution in [0.25, 0.3) is 0 Å². The lowest BCUT2D eigenvalue weighted by molar-refractivity contribution is -0.137. The molecule has 0 saturated heterocycles. The number of aliphatic hydroxyl groups is 1. The highest BCUT2D eigenvalue weighted by atomic mass is 19.4. The topological polar surface area (TPSA) is 23.5 Å². The van der Waals surface area contributed by atoms with Gasteiger partial charge in [-0.2, -0.15) is 13.2 Å². The van der Waals surface area contributed by atoms with Gasteiger partial charge in [0.1, 0.15) is 0 Å². The number of nitrogens with zero attached hydrogens (tertiary/aromatic N) is 1. The van der Waals surface area contributed by atoms with Crippen molar-refractivity contribution in [2.45, 2.75) is 45.0 Å². The minimum absolute atomic E-state index is 0.0866. The van der Waals surface area contributed by atoms with Crippen LogP contribution >= 0.6 is 0 Å². The number of alkyl halides is 3. The number of likely N-dealkylation sites (N-methyl/N-ethyl adjacent to an activating group) is 1. The van der Waals surface area contributed by atoms with Crippen LogP contribution in [0.15, 0.2) is 18.2 Å². The Hall–Kier alpha value is -1.23. The van der Waals surface area contributed by atoms with Crippen LogP contribution in [-0.2, 0) is 12.6 Å². The van der Waals surface area contributed by atoms with Crippen LogP contribution in [0.1, 0.15) is 31.4 Å². The highest BCUT2D eigenvalue weighted by Gasteiger charge is 2.34. The van der Waals surface area contributed by atoms with E-state index in [1.165, 1.54) is 6.07 Å². The Morgan fingerprint density at radius 1 is 1.42 bits per heavy atom. The van der Waals surface area contributed by atoms with Crippen LogP contribution in [0.2, 0.25) is 0 Å². The van der Waals surface area contributed by atoms with Gasteiger partial charge < -0.3 is 10.0 Å². The smallest absolute Gasteiger partial charge is 0.393 e. The molecule has 2 rings (SSSR count). The van der Waals surface area contributed by atoms with Crippen molar-refractivity contribution in [3.63, 3.8) is 0 Å². The van der Waals surface area contributed by atoms with E-state index >= 15 is 0 Å². The zero-order valence-corrected chi connectivity index (χ0v) is 11.0. The minimum Gasteiger partial charge on any atom is -0.393 e. The van der Waals surface area contributed by atoms with Crippen molar-refractivity contribution in [3.05, 3.63) is 29.3 Å². The van der Waals surface area contributed by atoms with Gasteiger partial charge in [-0.3, -0.25) is 0 Å². The number of halogens is 3. The van der Waals surface area contributed by atoms with Gasteiger partial charge in [0, 0.05) is 18.3 Å². The van der Waals surface area contributed by atoms with Crippen molar-refractivity contribution in [1.82, 2.24) is 0 Å². The number of aliphatic hydroxyl groups excluding tert-OH is 1. The first-order valence-electron chi connectivity index (χ1n) is 6.47. The number of anilines is 1. The van der Waals surface area contributed by atoms with Gasteiger partial charge >= 0.3 is 6.18 Å². The first kappa shape index (κ1) is 14.2. The number of rotatable bonds is 3. The lowest BCUT2D eigenvalue weighted by Gasteiger charge is -2.27. The highest BCUT2D eigenvalue weighted by molar-refractivity contribution is 5.60. The van der Waals surface area contributed by atoms with Gasteiger partial charge in [-0.25, -0.2) is 0 Å². The predicted octanol–water partition coefficient (Wildman–Crippen LogP) is 3.23. The molecule has 1 aromatic carbocycles. The first-order chi connectivity index (χ1) is 8.82. The molecular formula is C14H18F3NO. The Bertz CT molecular complexity index is 456. The average Bonchev–Trinajstić information content (AvgIpc) is 2.62. The number of hydrogen-bond acceptors (Lipinski definition) is 2. The highest BCUT2D eigenvalue weighted by Crippen LogP contribution is 2.38. The molecule has 0 saturated carbocycles. The lowest BCUT2D eigenvalue weighted by atomic mass is 10.0. The Morgan fingerprint density at radius 3 is 2.63 bits per heavy atom. The second-order valence-electron chi connectivity index (χ2n) is 5.07. The van der Waals surface area contributed by atoms with Crippen molar-refractivity contribution >= 4 is 5.69 Å². The maximum Gasteiger partial charge on any atom is 0.416 e. The van der Waals surface area contributed by atoms with Crippen LogP contribution in [0.5, 0.6) is 0 Å². The zero-order chi connectivity index (χ0) is 14.2. The van der Waals surface area contributed by atoms with Gasteiger partial charge in [0.05, 0.1) is 11.7 Å². The van der Waals surface area contributed by atoms with E-state index in [1.807, 2.05) is 6.92 Å². The summed E-state index contributed by atoms with van der Waals surface area (Å²) in [6.07, 6.45) is -3.61. The monoisotopic (exact) mass is 273 g/mol. The van der Waals surface area contributed by atoms with Gasteiger partial charge in [0.2, 0.25) is 0 Å². The molecule has 1 N–H and O–H groups in total. The molecule has 106 valence electrons. The third kappa shape index (κ3) is 2.86. The Balaban J connectivity index is 2.30. The normalized spacial score (nSPS) is 20.5. The molecule has 1 aliphatic rings. The van der Waals surface area contributed by atoms with E-state index in [-0.39, 0.29) is 6.04 Å². The molecule has 1 aromatic rings. The van der Waals surface area contributed by atoms with Crippen molar-refractivity contribution in [2.24, 2.45) is 0 Å². The van der Waals surface area contributed by atoms with Crippen LogP contribution in [0, 0.1) is 0 Å². The van der Waals surface area contributed by atoms with Crippen LogP contribution in [0.4, 0.5) is 18.9 Å². The third-order valence-corrected chi connectivity index (χ3v) is 3.57. The summed E-state index contributed by atoms with van der Waals surface area (Å²) in [5, 5.41) is 9.48. The maximum atomic E-state index is 12.7. The second-order valence-corrected chi connectivity index (χ2v) is 5.07. The van der Waals surface area contributed by atoms with E-state index in [0.29, 0.717) is 12.8 Å². The van der Waals surface area contributed by atoms with E-state index < -0.39 is 17.8 Å². The summed E-state index contributed by atoms with van der Waals surface area (Å²) in [5.74, 6) is 0. The molecule has 0 aromatic heterocycles. The Labute approximate surface area is 110 Å². The van der Waals surface area contributed by atoms with E-state index in [0.717, 1.165) is 23.9 Å². The molecule has 2 nitrogen and oxygen atoms in total. The van der Waals surface area contributed by atoms with Crippen LogP contribution in [0.3, 0.4) is 0 Å². The molecular weight excluding hydrogens is 255 g/mol. The van der Waals surface area contributed by atoms with E-state index in [2.05, 4.69) is 4.90 Å². The molecule has 0 spiro atoms. The summed E-state index contributed by atoms with van der Waals surface area (Å²) in [4.78, 5) is 2.07. The van der Waals surface area contributed by atoms with Gasteiger partial charge in [-0.1, -0.05) is 0 Å². The number of benzene rings is 1. The minimum atomic E-state index is -4.30. The molecule has 5 heteroatoms. The van der Waals surface area contributed by atoms with Crippen molar-refractivity contribution in [2.75, 3.05) is 11.4 Å². The number of fused-ring (bicyclic) bond motifs is 1. The SMILES string of the molecule is CCN1c2ccc(C(F)(F)F)cc2CC1CC(C)O. The van der Waals surface area contributed by atoms with Gasteiger partial charge in [-0.15, -0.1) is 0 Å². The summed E-state index contributed by atoms with van der Waals surface area (Å²) < 4.78 is 38.1.